The van der Waals surface area contributed by atoms with E-state index in [0.717, 1.165) is 0 Å². The van der Waals surface area contributed by atoms with E-state index >= 15 is 0 Å². The number of methoxy groups -OCH3 is 1. The van der Waals surface area contributed by atoms with E-state index in [1.807, 2.05) is 0 Å². The van der Waals surface area contributed by atoms with Gasteiger partial charge in [0, 0.05) is 0 Å². The standard InChI is InChI=1S/C10H10N2O3/c1-3-6-11-9-5-4-8(15-2)7-10(9)12(13)14/h1,4-5,7,11H,6H2,2H3. The molecule has 1 N–H and O–H groups in total. The lowest BCUT2D eigenvalue weighted by Crippen LogP contribution is -2.02. The van der Waals surface area contributed by atoms with Crippen LogP contribution in [0.25, 0.3) is 0 Å². The quantitative estimate of drug-likeness (QED) is 0.462. The van der Waals surface area contributed by atoms with Gasteiger partial charge in [-0.25, -0.2) is 0 Å². The molecule has 0 bridgehead atoms. The summed E-state index contributed by atoms with van der Waals surface area (Å²) in [5.41, 5.74) is 0.336. The van der Waals surface area contributed by atoms with Crippen LogP contribution < -0.4 is 10.1 Å². The van der Waals surface area contributed by atoms with Crippen molar-refractivity contribution in [1.82, 2.24) is 0 Å². The van der Waals surface area contributed by atoms with Crippen LogP contribution in [0.2, 0.25) is 0 Å². The Bertz CT molecular complexity index is 410. The van der Waals surface area contributed by atoms with Crippen molar-refractivity contribution < 1.29 is 9.66 Å². The average Bonchev–Trinajstić information content (AvgIpc) is 2.26. The first-order valence-corrected chi connectivity index (χ1v) is 4.18. The van der Waals surface area contributed by atoms with Crippen LogP contribution in [0.5, 0.6) is 5.75 Å². The second-order valence-corrected chi connectivity index (χ2v) is 2.70. The summed E-state index contributed by atoms with van der Waals surface area (Å²) in [4.78, 5) is 10.2. The largest absolute Gasteiger partial charge is 0.496 e. The molecule has 0 heterocycles. The number of terminal acetylenes is 1. The molecule has 1 aromatic carbocycles. The van der Waals surface area contributed by atoms with Crippen LogP contribution in [0.3, 0.4) is 0 Å². The van der Waals surface area contributed by atoms with Crippen LogP contribution in [0.4, 0.5) is 11.4 Å². The van der Waals surface area contributed by atoms with Gasteiger partial charge in [0.15, 0.2) is 0 Å². The minimum atomic E-state index is -0.485. The molecule has 78 valence electrons. The number of hydrogen-bond acceptors (Lipinski definition) is 4. The van der Waals surface area contributed by atoms with Gasteiger partial charge in [0.2, 0.25) is 0 Å². The van der Waals surface area contributed by atoms with Crippen molar-refractivity contribution in [3.05, 3.63) is 28.3 Å². The van der Waals surface area contributed by atoms with Gasteiger partial charge in [-0.15, -0.1) is 6.42 Å². The molecule has 1 aromatic rings. The van der Waals surface area contributed by atoms with Crippen LogP contribution in [0, 0.1) is 22.5 Å². The van der Waals surface area contributed by atoms with Crippen LogP contribution in [0.15, 0.2) is 18.2 Å². The third-order valence-corrected chi connectivity index (χ3v) is 1.78. The second kappa shape index (κ2) is 4.86. The number of nitrogens with zero attached hydrogens (tertiary/aromatic N) is 1. The zero-order chi connectivity index (χ0) is 11.3. The molecule has 0 spiro atoms. The highest BCUT2D eigenvalue weighted by Gasteiger charge is 2.14. The van der Waals surface area contributed by atoms with Gasteiger partial charge in [0.05, 0.1) is 24.6 Å². The predicted molar refractivity (Wildman–Crippen MR) is 57.0 cm³/mol. The summed E-state index contributed by atoms with van der Waals surface area (Å²) < 4.78 is 4.89. The summed E-state index contributed by atoms with van der Waals surface area (Å²) >= 11 is 0. The molecule has 5 heteroatoms. The van der Waals surface area contributed by atoms with Crippen molar-refractivity contribution in [2.45, 2.75) is 0 Å². The van der Waals surface area contributed by atoms with Crippen molar-refractivity contribution in [3.8, 4) is 18.1 Å². The topological polar surface area (TPSA) is 64.4 Å². The van der Waals surface area contributed by atoms with Gasteiger partial charge in [-0.2, -0.15) is 0 Å². The minimum absolute atomic E-state index is 0.0513. The zero-order valence-electron chi connectivity index (χ0n) is 8.19. The fourth-order valence-corrected chi connectivity index (χ4v) is 1.09. The van der Waals surface area contributed by atoms with E-state index in [9.17, 15) is 10.1 Å². The first kappa shape index (κ1) is 10.9. The van der Waals surface area contributed by atoms with Crippen LogP contribution in [0.1, 0.15) is 0 Å². The zero-order valence-corrected chi connectivity index (χ0v) is 8.19. The smallest absolute Gasteiger partial charge is 0.296 e. The van der Waals surface area contributed by atoms with Gasteiger partial charge in [-0.05, 0) is 12.1 Å². The number of nitro benzene ring substituents is 1. The van der Waals surface area contributed by atoms with Gasteiger partial charge < -0.3 is 10.1 Å². The highest BCUT2D eigenvalue weighted by atomic mass is 16.6. The number of ether oxygens (including phenoxy) is 1. The molecule has 0 radical (unpaired) electrons. The highest BCUT2D eigenvalue weighted by molar-refractivity contribution is 5.64. The maximum atomic E-state index is 10.7. The van der Waals surface area contributed by atoms with Gasteiger partial charge in [-0.1, -0.05) is 5.92 Å². The molecule has 0 unspecified atom stereocenters. The summed E-state index contributed by atoms with van der Waals surface area (Å²) in [6, 6.07) is 4.54. The number of hydrogen-bond donors (Lipinski definition) is 1. The molecule has 0 saturated heterocycles. The third kappa shape index (κ3) is 2.61. The average molecular weight is 206 g/mol. The minimum Gasteiger partial charge on any atom is -0.496 e. The van der Waals surface area contributed by atoms with E-state index in [2.05, 4.69) is 11.2 Å². The molecule has 0 aliphatic rings. The monoisotopic (exact) mass is 206 g/mol. The van der Waals surface area contributed by atoms with E-state index < -0.39 is 4.92 Å². The van der Waals surface area contributed by atoms with E-state index in [0.29, 0.717) is 11.4 Å². The first-order chi connectivity index (χ1) is 7.19. The normalized spacial score (nSPS) is 9.07. The number of benzene rings is 1. The molecule has 0 fully saturated rings. The lowest BCUT2D eigenvalue weighted by atomic mass is 10.2. The molecule has 1 rings (SSSR count). The fraction of sp³-hybridized carbons (Fsp3) is 0.200. The van der Waals surface area contributed by atoms with Gasteiger partial charge >= 0.3 is 0 Å². The Morgan fingerprint density at radius 2 is 2.40 bits per heavy atom. The van der Waals surface area contributed by atoms with Crippen molar-refractivity contribution in [1.29, 1.82) is 0 Å². The molecule has 0 aromatic heterocycles. The lowest BCUT2D eigenvalue weighted by molar-refractivity contribution is -0.384. The SMILES string of the molecule is C#CCNc1ccc(OC)cc1[N+](=O)[O-]. The molecule has 0 atom stereocenters. The van der Waals surface area contributed by atoms with E-state index in [-0.39, 0.29) is 12.2 Å². The molecule has 0 aliphatic heterocycles. The Balaban J connectivity index is 3.05. The second-order valence-electron chi connectivity index (χ2n) is 2.70. The first-order valence-electron chi connectivity index (χ1n) is 4.18. The van der Waals surface area contributed by atoms with Gasteiger partial charge in [0.1, 0.15) is 11.4 Å². The molecular formula is C10H10N2O3. The van der Waals surface area contributed by atoms with E-state index in [4.69, 9.17) is 11.2 Å². The highest BCUT2D eigenvalue weighted by Crippen LogP contribution is 2.28. The van der Waals surface area contributed by atoms with Crippen molar-refractivity contribution in [2.75, 3.05) is 19.0 Å². The van der Waals surface area contributed by atoms with Gasteiger partial charge in [0.25, 0.3) is 5.69 Å². The van der Waals surface area contributed by atoms with Crippen molar-refractivity contribution in [2.24, 2.45) is 0 Å². The molecule has 5 nitrogen and oxygen atoms in total. The Hall–Kier alpha value is -2.22. The molecule has 0 amide bonds. The lowest BCUT2D eigenvalue weighted by Gasteiger charge is -2.05. The van der Waals surface area contributed by atoms with Gasteiger partial charge in [-0.3, -0.25) is 10.1 Å². The molecular weight excluding hydrogens is 196 g/mol. The summed E-state index contributed by atoms with van der Waals surface area (Å²) in [5, 5.41) is 13.5. The van der Waals surface area contributed by atoms with Crippen molar-refractivity contribution in [3.63, 3.8) is 0 Å². The van der Waals surface area contributed by atoms with E-state index in [1.165, 1.54) is 13.2 Å². The Kier molecular flexibility index (Phi) is 3.52. The molecule has 0 saturated carbocycles. The summed E-state index contributed by atoms with van der Waals surface area (Å²) in [6.45, 7) is 0.243. The maximum Gasteiger partial charge on any atom is 0.296 e. The fourth-order valence-electron chi connectivity index (χ4n) is 1.09. The Labute approximate surface area is 87.2 Å². The summed E-state index contributed by atoms with van der Waals surface area (Å²) in [7, 11) is 1.45. The molecule has 0 aliphatic carbocycles. The number of nitrogens with one attached hydrogen (secondary N) is 1. The number of rotatable bonds is 4. The predicted octanol–water partition coefficient (Wildman–Crippen LogP) is 1.65. The maximum absolute atomic E-state index is 10.7. The third-order valence-electron chi connectivity index (χ3n) is 1.78. The Morgan fingerprint density at radius 3 is 2.93 bits per heavy atom. The number of anilines is 1. The summed E-state index contributed by atoms with van der Waals surface area (Å²) in [6.07, 6.45) is 5.05. The molecule has 15 heavy (non-hydrogen) atoms. The van der Waals surface area contributed by atoms with Crippen LogP contribution >= 0.6 is 0 Å². The number of nitro groups is 1. The van der Waals surface area contributed by atoms with E-state index in [1.54, 1.807) is 12.1 Å². The van der Waals surface area contributed by atoms with Crippen molar-refractivity contribution >= 4 is 11.4 Å². The van der Waals surface area contributed by atoms with Crippen LogP contribution in [-0.4, -0.2) is 18.6 Å². The Morgan fingerprint density at radius 1 is 1.67 bits per heavy atom. The summed E-state index contributed by atoms with van der Waals surface area (Å²) in [5.74, 6) is 2.78. The van der Waals surface area contributed by atoms with Crippen LogP contribution in [-0.2, 0) is 0 Å².